The number of carbonyl (C=O) groups excluding carboxylic acids is 1. The van der Waals surface area contributed by atoms with Gasteiger partial charge >= 0.3 is 5.97 Å². The van der Waals surface area contributed by atoms with Gasteiger partial charge in [0.25, 0.3) is 0 Å². The third kappa shape index (κ3) is 8.10. The van der Waals surface area contributed by atoms with Gasteiger partial charge in [0.2, 0.25) is 0 Å². The standard InChI is InChI=1S/C10H20O2.ClH/c1-4-5-6-7-8-9(2)10(11)12-3;/h9H,4-8H2,1-3H3;1H. The number of esters is 1. The number of ether oxygens (including phenoxy) is 1. The highest BCUT2D eigenvalue weighted by atomic mass is 35.5. The molecule has 0 amide bonds. The third-order valence-corrected chi connectivity index (χ3v) is 2.09. The molecular weight excluding hydrogens is 188 g/mol. The fourth-order valence-corrected chi connectivity index (χ4v) is 1.20. The Morgan fingerprint density at radius 1 is 1.31 bits per heavy atom. The van der Waals surface area contributed by atoms with Crippen molar-refractivity contribution in [3.63, 3.8) is 0 Å². The van der Waals surface area contributed by atoms with Gasteiger partial charge in [0, 0.05) is 0 Å². The van der Waals surface area contributed by atoms with Crippen molar-refractivity contribution in [2.75, 3.05) is 7.11 Å². The Bertz CT molecular complexity index is 126. The molecular formula is C10H21ClO2. The van der Waals surface area contributed by atoms with Crippen molar-refractivity contribution >= 4 is 18.4 Å². The molecule has 0 fully saturated rings. The summed E-state index contributed by atoms with van der Waals surface area (Å²) in [7, 11) is 1.45. The molecule has 0 aliphatic heterocycles. The van der Waals surface area contributed by atoms with Gasteiger partial charge < -0.3 is 4.74 Å². The molecule has 1 unspecified atom stereocenters. The lowest BCUT2D eigenvalue weighted by atomic mass is 10.0. The van der Waals surface area contributed by atoms with E-state index in [4.69, 9.17) is 0 Å². The number of methoxy groups -OCH3 is 1. The lowest BCUT2D eigenvalue weighted by Gasteiger charge is -2.07. The minimum atomic E-state index is -0.0773. The summed E-state index contributed by atoms with van der Waals surface area (Å²) in [5, 5.41) is 0. The number of halogens is 1. The zero-order valence-corrected chi connectivity index (χ0v) is 9.65. The predicted octanol–water partition coefficient (Wildman–Crippen LogP) is 3.19. The first-order valence-electron chi connectivity index (χ1n) is 4.80. The second-order valence-electron chi connectivity index (χ2n) is 3.27. The highest BCUT2D eigenvalue weighted by molar-refractivity contribution is 5.85. The average molecular weight is 209 g/mol. The molecule has 80 valence electrons. The van der Waals surface area contributed by atoms with Crippen LogP contribution < -0.4 is 0 Å². The number of carbonyl (C=O) groups is 1. The highest BCUT2D eigenvalue weighted by Gasteiger charge is 2.11. The molecule has 0 saturated carbocycles. The smallest absolute Gasteiger partial charge is 0.308 e. The van der Waals surface area contributed by atoms with E-state index in [1.165, 1.54) is 26.4 Å². The lowest BCUT2D eigenvalue weighted by Crippen LogP contribution is -2.12. The summed E-state index contributed by atoms with van der Waals surface area (Å²) in [4.78, 5) is 11.0. The molecule has 0 aromatic carbocycles. The monoisotopic (exact) mass is 208 g/mol. The van der Waals surface area contributed by atoms with Gasteiger partial charge in [-0.25, -0.2) is 0 Å². The number of rotatable bonds is 6. The van der Waals surface area contributed by atoms with E-state index >= 15 is 0 Å². The molecule has 0 saturated heterocycles. The molecule has 0 radical (unpaired) electrons. The summed E-state index contributed by atoms with van der Waals surface area (Å²) in [5.41, 5.74) is 0. The molecule has 2 nitrogen and oxygen atoms in total. The van der Waals surface area contributed by atoms with Crippen molar-refractivity contribution in [1.82, 2.24) is 0 Å². The van der Waals surface area contributed by atoms with E-state index in [0.717, 1.165) is 12.8 Å². The number of unbranched alkanes of at least 4 members (excludes halogenated alkanes) is 3. The zero-order valence-electron chi connectivity index (χ0n) is 8.84. The van der Waals surface area contributed by atoms with Crippen LogP contribution in [-0.2, 0) is 9.53 Å². The minimum Gasteiger partial charge on any atom is -0.469 e. The SMILES string of the molecule is CCCCCCC(C)C(=O)OC.Cl. The Kier molecular flexibility index (Phi) is 11.5. The average Bonchev–Trinajstić information content (AvgIpc) is 2.10. The van der Waals surface area contributed by atoms with Gasteiger partial charge in [0.15, 0.2) is 0 Å². The van der Waals surface area contributed by atoms with E-state index < -0.39 is 0 Å². The summed E-state index contributed by atoms with van der Waals surface area (Å²) in [6.45, 7) is 4.11. The van der Waals surface area contributed by atoms with E-state index in [2.05, 4.69) is 11.7 Å². The van der Waals surface area contributed by atoms with Crippen molar-refractivity contribution in [2.45, 2.75) is 46.0 Å². The third-order valence-electron chi connectivity index (χ3n) is 2.09. The van der Waals surface area contributed by atoms with Gasteiger partial charge in [-0.2, -0.15) is 0 Å². The number of hydrogen-bond donors (Lipinski definition) is 0. The van der Waals surface area contributed by atoms with E-state index in [-0.39, 0.29) is 24.3 Å². The van der Waals surface area contributed by atoms with Crippen molar-refractivity contribution in [3.05, 3.63) is 0 Å². The van der Waals surface area contributed by atoms with Gasteiger partial charge in [-0.1, -0.05) is 39.5 Å². The van der Waals surface area contributed by atoms with E-state index in [1.54, 1.807) is 0 Å². The van der Waals surface area contributed by atoms with Crippen molar-refractivity contribution in [1.29, 1.82) is 0 Å². The van der Waals surface area contributed by atoms with E-state index in [1.807, 2.05) is 6.92 Å². The van der Waals surface area contributed by atoms with Crippen LogP contribution in [0.5, 0.6) is 0 Å². The lowest BCUT2D eigenvalue weighted by molar-refractivity contribution is -0.145. The van der Waals surface area contributed by atoms with Crippen molar-refractivity contribution < 1.29 is 9.53 Å². The molecule has 13 heavy (non-hydrogen) atoms. The maximum Gasteiger partial charge on any atom is 0.308 e. The summed E-state index contributed by atoms with van der Waals surface area (Å²) in [5.74, 6) is -0.00152. The van der Waals surface area contributed by atoms with Crippen LogP contribution in [0.15, 0.2) is 0 Å². The molecule has 0 N–H and O–H groups in total. The fraction of sp³-hybridized carbons (Fsp3) is 0.900. The predicted molar refractivity (Wildman–Crippen MR) is 57.2 cm³/mol. The van der Waals surface area contributed by atoms with Crippen LogP contribution in [0, 0.1) is 5.92 Å². The first-order chi connectivity index (χ1) is 5.72. The fourth-order valence-electron chi connectivity index (χ4n) is 1.20. The van der Waals surface area contributed by atoms with Gasteiger partial charge in [0.1, 0.15) is 0 Å². The quantitative estimate of drug-likeness (QED) is 0.495. The van der Waals surface area contributed by atoms with Crippen LogP contribution in [0.1, 0.15) is 46.0 Å². The summed E-state index contributed by atoms with van der Waals surface area (Å²) >= 11 is 0. The van der Waals surface area contributed by atoms with Gasteiger partial charge in [-0.15, -0.1) is 12.4 Å². The molecule has 3 heteroatoms. The van der Waals surface area contributed by atoms with E-state index in [0.29, 0.717) is 0 Å². The second kappa shape index (κ2) is 9.85. The Labute approximate surface area is 87.5 Å². The normalized spacial score (nSPS) is 11.6. The first-order valence-corrected chi connectivity index (χ1v) is 4.80. The van der Waals surface area contributed by atoms with Gasteiger partial charge in [-0.3, -0.25) is 4.79 Å². The summed E-state index contributed by atoms with van der Waals surface area (Å²) in [6.07, 6.45) is 5.86. The summed E-state index contributed by atoms with van der Waals surface area (Å²) in [6, 6.07) is 0. The largest absolute Gasteiger partial charge is 0.469 e. The zero-order chi connectivity index (χ0) is 9.40. The van der Waals surface area contributed by atoms with Crippen LogP contribution in [-0.4, -0.2) is 13.1 Å². The van der Waals surface area contributed by atoms with Crippen LogP contribution in [0.2, 0.25) is 0 Å². The Morgan fingerprint density at radius 3 is 2.38 bits per heavy atom. The first kappa shape index (κ1) is 15.2. The van der Waals surface area contributed by atoms with Gasteiger partial charge in [-0.05, 0) is 6.42 Å². The van der Waals surface area contributed by atoms with Crippen LogP contribution >= 0.6 is 12.4 Å². The maximum atomic E-state index is 11.0. The van der Waals surface area contributed by atoms with Crippen molar-refractivity contribution in [3.8, 4) is 0 Å². The molecule has 0 aliphatic carbocycles. The second-order valence-corrected chi connectivity index (χ2v) is 3.27. The Morgan fingerprint density at radius 2 is 1.92 bits per heavy atom. The van der Waals surface area contributed by atoms with Crippen LogP contribution in [0.3, 0.4) is 0 Å². The van der Waals surface area contributed by atoms with Gasteiger partial charge in [0.05, 0.1) is 13.0 Å². The molecule has 0 heterocycles. The molecule has 0 bridgehead atoms. The van der Waals surface area contributed by atoms with Crippen molar-refractivity contribution in [2.24, 2.45) is 5.92 Å². The highest BCUT2D eigenvalue weighted by Crippen LogP contribution is 2.11. The van der Waals surface area contributed by atoms with Crippen LogP contribution in [0.4, 0.5) is 0 Å². The maximum absolute atomic E-state index is 11.0. The molecule has 0 aromatic heterocycles. The van der Waals surface area contributed by atoms with E-state index in [9.17, 15) is 4.79 Å². The summed E-state index contributed by atoms with van der Waals surface area (Å²) < 4.78 is 4.63. The Balaban J connectivity index is 0. The van der Waals surface area contributed by atoms with Crippen LogP contribution in [0.25, 0.3) is 0 Å². The molecule has 1 atom stereocenters. The molecule has 0 aliphatic rings. The minimum absolute atomic E-state index is 0. The molecule has 0 aromatic rings. The Hall–Kier alpha value is -0.240. The molecule has 0 spiro atoms. The molecule has 0 rings (SSSR count). The topological polar surface area (TPSA) is 26.3 Å². The number of hydrogen-bond acceptors (Lipinski definition) is 2.